The van der Waals surface area contributed by atoms with E-state index in [4.69, 9.17) is 4.55 Å². The van der Waals surface area contributed by atoms with Crippen molar-refractivity contribution in [2.45, 2.75) is 68.8 Å². The summed E-state index contributed by atoms with van der Waals surface area (Å²) in [5, 5.41) is -5.85. The lowest BCUT2D eigenvalue weighted by Gasteiger charge is -2.34. The van der Waals surface area contributed by atoms with Crippen LogP contribution in [0.15, 0.2) is 12.7 Å². The Morgan fingerprint density at radius 1 is 0.969 bits per heavy atom. The fourth-order valence-corrected chi connectivity index (χ4v) is 2.39. The monoisotopic (exact) mass is 506 g/mol. The minimum Gasteiger partial charge on any atom is -0.455 e. The summed E-state index contributed by atoms with van der Waals surface area (Å²) in [6.45, 7) is 5.17. The number of hydrogen-bond acceptors (Lipinski definition) is 7. The zero-order chi connectivity index (χ0) is 25.8. The molecule has 0 amide bonds. The smallest absolute Gasteiger partial charge is 0.455 e. The second-order valence-electron chi connectivity index (χ2n) is 7.24. The molecule has 1 atom stereocenters. The van der Waals surface area contributed by atoms with Gasteiger partial charge in [0.1, 0.15) is 5.60 Å². The second-order valence-corrected chi connectivity index (χ2v) is 8.71. The maximum atomic E-state index is 13.6. The Bertz CT molecular complexity index is 802. The van der Waals surface area contributed by atoms with Crippen molar-refractivity contribution in [2.75, 3.05) is 6.61 Å². The molecule has 0 rings (SSSR count). The number of carbonyl (C=O) groups is 2. The van der Waals surface area contributed by atoms with Crippen molar-refractivity contribution in [3.63, 3.8) is 0 Å². The summed E-state index contributed by atoms with van der Waals surface area (Å²) in [5.41, 5.74) is -1.51. The van der Waals surface area contributed by atoms with Crippen LogP contribution in [0.2, 0.25) is 0 Å². The van der Waals surface area contributed by atoms with E-state index >= 15 is 0 Å². The first-order valence-electron chi connectivity index (χ1n) is 8.56. The van der Waals surface area contributed by atoms with Crippen LogP contribution in [0.3, 0.4) is 0 Å². The van der Waals surface area contributed by atoms with Gasteiger partial charge in [0.15, 0.2) is 0 Å². The van der Waals surface area contributed by atoms with Crippen LogP contribution in [0.25, 0.3) is 0 Å². The Balaban J connectivity index is 5.55. The topological polar surface area (TPSA) is 116 Å². The lowest BCUT2D eigenvalue weighted by atomic mass is 10.1. The van der Waals surface area contributed by atoms with Crippen molar-refractivity contribution < 1.29 is 67.5 Å². The van der Waals surface area contributed by atoms with Gasteiger partial charge in [0, 0.05) is 12.5 Å². The fraction of sp³-hybridized carbons (Fsp3) is 0.750. The van der Waals surface area contributed by atoms with Crippen molar-refractivity contribution in [2.24, 2.45) is 0 Å². The molecule has 1 unspecified atom stereocenters. The second kappa shape index (κ2) is 9.91. The molecule has 0 bridgehead atoms. The molecule has 0 aromatic rings. The molecule has 188 valence electrons. The van der Waals surface area contributed by atoms with Gasteiger partial charge in [-0.15, -0.1) is 0 Å². The van der Waals surface area contributed by atoms with E-state index in [0.717, 1.165) is 0 Å². The van der Waals surface area contributed by atoms with Crippen LogP contribution in [0.4, 0.5) is 30.7 Å². The average Bonchev–Trinajstić information content (AvgIpc) is 2.56. The zero-order valence-electron chi connectivity index (χ0n) is 17.0. The van der Waals surface area contributed by atoms with Gasteiger partial charge in [-0.1, -0.05) is 6.58 Å². The van der Waals surface area contributed by atoms with E-state index < -0.39 is 76.7 Å². The van der Waals surface area contributed by atoms with Gasteiger partial charge in [0.05, 0.1) is 6.61 Å². The number of ether oxygens (including phenoxy) is 3. The van der Waals surface area contributed by atoms with Crippen LogP contribution in [-0.4, -0.2) is 60.3 Å². The molecular weight excluding hydrogens is 485 g/mol. The molecule has 32 heavy (non-hydrogen) atoms. The Morgan fingerprint density at radius 2 is 1.47 bits per heavy atom. The van der Waals surface area contributed by atoms with Gasteiger partial charge in [-0.05, 0) is 33.6 Å². The average molecular weight is 506 g/mol. The van der Waals surface area contributed by atoms with Crippen LogP contribution in [0, 0.1) is 0 Å². The molecular formula is C16H21F7O8S. The first kappa shape index (κ1) is 30.1. The van der Waals surface area contributed by atoms with Crippen molar-refractivity contribution in [1.29, 1.82) is 0 Å². The standard InChI is InChI=1S/C16H21F7O8S/c1-5-10(24)30-14(15(19,20)21,11(25)31-12(2,3)4)29-9-7-6-8-13(17,18)16(22,23)32(26,27)28/h5H,1,6-9H2,2-4H3,(H,26,27,28). The molecule has 16 heteroatoms. The third kappa shape index (κ3) is 7.30. The number of unbranched alkanes of at least 4 members (excludes halogenated alkanes) is 1. The van der Waals surface area contributed by atoms with E-state index in [0.29, 0.717) is 0 Å². The summed E-state index contributed by atoms with van der Waals surface area (Å²) in [5.74, 6) is -13.6. The third-order valence-electron chi connectivity index (χ3n) is 3.39. The van der Waals surface area contributed by atoms with E-state index in [1.807, 2.05) is 0 Å². The molecule has 0 radical (unpaired) electrons. The van der Waals surface area contributed by atoms with Gasteiger partial charge in [-0.2, -0.15) is 39.2 Å². The Labute approximate surface area is 178 Å². The van der Waals surface area contributed by atoms with E-state index in [1.54, 1.807) is 0 Å². The molecule has 0 heterocycles. The summed E-state index contributed by atoms with van der Waals surface area (Å²) < 4.78 is 136. The Kier molecular flexibility index (Phi) is 9.31. The largest absolute Gasteiger partial charge is 0.468 e. The van der Waals surface area contributed by atoms with Crippen molar-refractivity contribution in [3.8, 4) is 0 Å². The maximum absolute atomic E-state index is 13.6. The zero-order valence-corrected chi connectivity index (χ0v) is 17.8. The van der Waals surface area contributed by atoms with Gasteiger partial charge >= 0.3 is 45.2 Å². The Hall–Kier alpha value is -1.94. The molecule has 0 aliphatic rings. The molecule has 0 saturated heterocycles. The maximum Gasteiger partial charge on any atom is 0.468 e. The number of rotatable bonds is 11. The summed E-state index contributed by atoms with van der Waals surface area (Å²) in [6, 6.07) is 0. The highest BCUT2D eigenvalue weighted by molar-refractivity contribution is 7.87. The summed E-state index contributed by atoms with van der Waals surface area (Å²) in [7, 11) is -6.48. The fourth-order valence-electron chi connectivity index (χ4n) is 1.91. The van der Waals surface area contributed by atoms with Crippen LogP contribution in [-0.2, 0) is 33.9 Å². The van der Waals surface area contributed by atoms with Gasteiger partial charge in [0.2, 0.25) is 0 Å². The number of alkyl halides is 7. The normalized spacial score (nSPS) is 15.6. The van der Waals surface area contributed by atoms with Crippen LogP contribution in [0.5, 0.6) is 0 Å². The molecule has 0 aliphatic heterocycles. The predicted octanol–water partition coefficient (Wildman–Crippen LogP) is 3.62. The van der Waals surface area contributed by atoms with Crippen molar-refractivity contribution >= 4 is 22.1 Å². The van der Waals surface area contributed by atoms with Gasteiger partial charge < -0.3 is 14.2 Å². The molecule has 0 fully saturated rings. The van der Waals surface area contributed by atoms with Crippen LogP contribution in [0.1, 0.15) is 40.0 Å². The molecule has 1 N–H and O–H groups in total. The lowest BCUT2D eigenvalue weighted by molar-refractivity contribution is -0.356. The SMILES string of the molecule is C=CC(=O)OC(OCCCCC(F)(F)C(F)(F)S(=O)(=O)O)(C(=O)OC(C)(C)C)C(F)(F)F. The summed E-state index contributed by atoms with van der Waals surface area (Å²) >= 11 is 0. The highest BCUT2D eigenvalue weighted by atomic mass is 32.2. The third-order valence-corrected chi connectivity index (χ3v) is 4.34. The minimum absolute atomic E-state index is 0.270. The molecule has 0 aliphatic carbocycles. The number of esters is 2. The minimum atomic E-state index is -6.48. The van der Waals surface area contributed by atoms with Crippen molar-refractivity contribution in [1.82, 2.24) is 0 Å². The highest BCUT2D eigenvalue weighted by Gasteiger charge is 2.68. The van der Waals surface area contributed by atoms with Crippen molar-refractivity contribution in [3.05, 3.63) is 12.7 Å². The summed E-state index contributed by atoms with van der Waals surface area (Å²) in [6.07, 6.45) is -9.25. The molecule has 8 nitrogen and oxygen atoms in total. The predicted molar refractivity (Wildman–Crippen MR) is 92.2 cm³/mol. The van der Waals surface area contributed by atoms with Crippen LogP contribution < -0.4 is 0 Å². The van der Waals surface area contributed by atoms with E-state index in [2.05, 4.69) is 20.8 Å². The lowest BCUT2D eigenvalue weighted by Crippen LogP contribution is -2.59. The van der Waals surface area contributed by atoms with E-state index in [9.17, 15) is 48.7 Å². The van der Waals surface area contributed by atoms with Crippen LogP contribution >= 0.6 is 0 Å². The first-order valence-corrected chi connectivity index (χ1v) is 10.0. The number of hydrogen-bond donors (Lipinski definition) is 1. The Morgan fingerprint density at radius 3 is 1.84 bits per heavy atom. The highest BCUT2D eigenvalue weighted by Crippen LogP contribution is 2.42. The molecule has 0 saturated carbocycles. The molecule has 0 aromatic heterocycles. The number of halogens is 7. The first-order chi connectivity index (χ1) is 14.0. The number of carbonyl (C=O) groups excluding carboxylic acids is 2. The quantitative estimate of drug-likeness (QED) is 0.113. The van der Waals surface area contributed by atoms with E-state index in [1.165, 1.54) is 20.8 Å². The van der Waals surface area contributed by atoms with Gasteiger partial charge in [-0.25, -0.2) is 9.59 Å². The summed E-state index contributed by atoms with van der Waals surface area (Å²) in [4.78, 5) is 23.5. The molecule has 0 spiro atoms. The van der Waals surface area contributed by atoms with Gasteiger partial charge in [-0.3, -0.25) is 4.55 Å². The van der Waals surface area contributed by atoms with E-state index in [-0.39, 0.29) is 6.08 Å². The van der Waals surface area contributed by atoms with Gasteiger partial charge in [0.25, 0.3) is 0 Å². The molecule has 0 aromatic carbocycles.